The summed E-state index contributed by atoms with van der Waals surface area (Å²) in [4.78, 5) is 12.3. The molecule has 0 fully saturated rings. The predicted octanol–water partition coefficient (Wildman–Crippen LogP) is 5.95. The molecule has 0 bridgehead atoms. The van der Waals surface area contributed by atoms with E-state index in [2.05, 4.69) is 42.7 Å². The average Bonchev–Trinajstić information content (AvgIpc) is 2.76. The Labute approximate surface area is 190 Å². The molecule has 3 aromatic rings. The zero-order valence-corrected chi connectivity index (χ0v) is 19.5. The first kappa shape index (κ1) is 23.2. The van der Waals surface area contributed by atoms with Crippen molar-refractivity contribution in [2.75, 3.05) is 23.8 Å². The van der Waals surface area contributed by atoms with Crippen LogP contribution in [0.3, 0.4) is 0 Å². The van der Waals surface area contributed by atoms with E-state index in [1.165, 1.54) is 16.7 Å². The SMILES string of the molecule is CCOc1cc(CNc2ccc(C)c(C)c2)ccc1OCC(=O)Nc1ccc(C)c(C)c1. The van der Waals surface area contributed by atoms with Crippen molar-refractivity contribution in [3.63, 3.8) is 0 Å². The number of ether oxygens (including phenoxy) is 2. The Bertz CT molecular complexity index is 1090. The van der Waals surface area contributed by atoms with Gasteiger partial charge in [-0.3, -0.25) is 4.79 Å². The van der Waals surface area contributed by atoms with E-state index in [-0.39, 0.29) is 12.5 Å². The van der Waals surface area contributed by atoms with E-state index < -0.39 is 0 Å². The molecule has 5 nitrogen and oxygen atoms in total. The summed E-state index contributed by atoms with van der Waals surface area (Å²) in [5.74, 6) is 0.971. The molecular formula is C27H32N2O3. The van der Waals surface area contributed by atoms with Crippen LogP contribution in [-0.4, -0.2) is 19.1 Å². The van der Waals surface area contributed by atoms with E-state index in [1.807, 2.05) is 57.2 Å². The monoisotopic (exact) mass is 432 g/mol. The third-order valence-electron chi connectivity index (χ3n) is 5.46. The van der Waals surface area contributed by atoms with Crippen molar-refractivity contribution < 1.29 is 14.3 Å². The molecule has 0 aliphatic rings. The molecule has 0 saturated heterocycles. The maximum absolute atomic E-state index is 12.3. The Hall–Kier alpha value is -3.47. The molecule has 3 aromatic carbocycles. The number of carbonyl (C=O) groups excluding carboxylic acids is 1. The second-order valence-electron chi connectivity index (χ2n) is 8.00. The molecule has 2 N–H and O–H groups in total. The van der Waals surface area contributed by atoms with Crippen molar-refractivity contribution >= 4 is 17.3 Å². The third-order valence-corrected chi connectivity index (χ3v) is 5.46. The zero-order valence-electron chi connectivity index (χ0n) is 19.5. The summed E-state index contributed by atoms with van der Waals surface area (Å²) in [6.45, 7) is 11.3. The van der Waals surface area contributed by atoms with Crippen LogP contribution in [0.15, 0.2) is 54.6 Å². The van der Waals surface area contributed by atoms with Crippen molar-refractivity contribution in [1.29, 1.82) is 0 Å². The van der Waals surface area contributed by atoms with Crippen LogP contribution in [0.1, 0.15) is 34.7 Å². The molecule has 5 heteroatoms. The van der Waals surface area contributed by atoms with Crippen LogP contribution in [0, 0.1) is 27.7 Å². The van der Waals surface area contributed by atoms with Gasteiger partial charge in [0.1, 0.15) is 0 Å². The largest absolute Gasteiger partial charge is 0.490 e. The minimum absolute atomic E-state index is 0.0900. The van der Waals surface area contributed by atoms with Crippen LogP contribution in [0.5, 0.6) is 11.5 Å². The quantitative estimate of drug-likeness (QED) is 0.439. The van der Waals surface area contributed by atoms with E-state index in [0.717, 1.165) is 22.5 Å². The summed E-state index contributed by atoms with van der Waals surface area (Å²) in [5.41, 5.74) is 7.76. The Kier molecular flexibility index (Phi) is 7.77. The number of nitrogens with one attached hydrogen (secondary N) is 2. The number of aryl methyl sites for hydroxylation is 4. The van der Waals surface area contributed by atoms with Crippen LogP contribution in [-0.2, 0) is 11.3 Å². The maximum atomic E-state index is 12.3. The van der Waals surface area contributed by atoms with Gasteiger partial charge < -0.3 is 20.1 Å². The molecule has 0 atom stereocenters. The smallest absolute Gasteiger partial charge is 0.262 e. The summed E-state index contributed by atoms with van der Waals surface area (Å²) < 4.78 is 11.5. The molecule has 0 aliphatic carbocycles. The summed E-state index contributed by atoms with van der Waals surface area (Å²) in [6.07, 6.45) is 0. The first-order valence-electron chi connectivity index (χ1n) is 10.9. The van der Waals surface area contributed by atoms with Gasteiger partial charge in [0.25, 0.3) is 5.91 Å². The predicted molar refractivity (Wildman–Crippen MR) is 131 cm³/mol. The van der Waals surface area contributed by atoms with Gasteiger partial charge in [-0.05, 0) is 98.8 Å². The van der Waals surface area contributed by atoms with E-state index in [4.69, 9.17) is 9.47 Å². The van der Waals surface area contributed by atoms with E-state index in [0.29, 0.717) is 24.7 Å². The lowest BCUT2D eigenvalue weighted by Crippen LogP contribution is -2.20. The van der Waals surface area contributed by atoms with Crippen LogP contribution in [0.2, 0.25) is 0 Å². The number of rotatable bonds is 9. The molecule has 0 saturated carbocycles. The molecule has 3 rings (SSSR count). The lowest BCUT2D eigenvalue weighted by molar-refractivity contribution is -0.118. The molecule has 1 amide bonds. The molecule has 0 spiro atoms. The Morgan fingerprint density at radius 3 is 2.06 bits per heavy atom. The first-order chi connectivity index (χ1) is 15.4. The lowest BCUT2D eigenvalue weighted by atomic mass is 10.1. The molecule has 0 heterocycles. The van der Waals surface area contributed by atoms with Crippen molar-refractivity contribution in [3.8, 4) is 11.5 Å². The van der Waals surface area contributed by atoms with Gasteiger partial charge in [-0.2, -0.15) is 0 Å². The topological polar surface area (TPSA) is 59.6 Å². The fraction of sp³-hybridized carbons (Fsp3) is 0.296. The Morgan fingerprint density at radius 1 is 0.750 bits per heavy atom. The van der Waals surface area contributed by atoms with E-state index in [1.54, 1.807) is 0 Å². The highest BCUT2D eigenvalue weighted by atomic mass is 16.5. The standard InChI is InChI=1S/C27H32N2O3/c1-6-31-26-15-22(16-28-23-10-7-18(2)20(4)13-23)9-12-25(26)32-17-27(30)29-24-11-8-19(3)21(5)14-24/h7-15,28H,6,16-17H2,1-5H3,(H,29,30). The Balaban J connectivity index is 1.61. The highest BCUT2D eigenvalue weighted by Gasteiger charge is 2.10. The number of benzene rings is 3. The second kappa shape index (κ2) is 10.7. The third kappa shape index (κ3) is 6.27. The number of amides is 1. The molecular weight excluding hydrogens is 400 g/mol. The summed E-state index contributed by atoms with van der Waals surface area (Å²) in [6, 6.07) is 18.0. The number of anilines is 2. The maximum Gasteiger partial charge on any atom is 0.262 e. The average molecular weight is 433 g/mol. The Morgan fingerprint density at radius 2 is 1.41 bits per heavy atom. The highest BCUT2D eigenvalue weighted by Crippen LogP contribution is 2.29. The van der Waals surface area contributed by atoms with Gasteiger partial charge in [0.05, 0.1) is 6.61 Å². The van der Waals surface area contributed by atoms with Crippen molar-refractivity contribution in [2.24, 2.45) is 0 Å². The second-order valence-corrected chi connectivity index (χ2v) is 8.00. The van der Waals surface area contributed by atoms with Gasteiger partial charge in [-0.25, -0.2) is 0 Å². The minimum atomic E-state index is -0.212. The molecule has 0 radical (unpaired) electrons. The normalized spacial score (nSPS) is 10.5. The fourth-order valence-electron chi connectivity index (χ4n) is 3.27. The minimum Gasteiger partial charge on any atom is -0.490 e. The highest BCUT2D eigenvalue weighted by molar-refractivity contribution is 5.92. The van der Waals surface area contributed by atoms with Crippen LogP contribution >= 0.6 is 0 Å². The number of hydrogen-bond acceptors (Lipinski definition) is 4. The first-order valence-corrected chi connectivity index (χ1v) is 10.9. The zero-order chi connectivity index (χ0) is 23.1. The van der Waals surface area contributed by atoms with Gasteiger partial charge in [0, 0.05) is 17.9 Å². The van der Waals surface area contributed by atoms with Gasteiger partial charge in [0.15, 0.2) is 18.1 Å². The molecule has 168 valence electrons. The van der Waals surface area contributed by atoms with Gasteiger partial charge >= 0.3 is 0 Å². The summed E-state index contributed by atoms with van der Waals surface area (Å²) in [7, 11) is 0. The van der Waals surface area contributed by atoms with E-state index >= 15 is 0 Å². The van der Waals surface area contributed by atoms with Crippen molar-refractivity contribution in [2.45, 2.75) is 41.2 Å². The molecule has 0 unspecified atom stereocenters. The fourth-order valence-corrected chi connectivity index (χ4v) is 3.27. The van der Waals surface area contributed by atoms with Gasteiger partial charge in [0.2, 0.25) is 0 Å². The van der Waals surface area contributed by atoms with Gasteiger partial charge in [-0.1, -0.05) is 18.2 Å². The van der Waals surface area contributed by atoms with Crippen molar-refractivity contribution in [3.05, 3.63) is 82.4 Å². The summed E-state index contributed by atoms with van der Waals surface area (Å²) >= 11 is 0. The lowest BCUT2D eigenvalue weighted by Gasteiger charge is -2.15. The number of carbonyl (C=O) groups is 1. The van der Waals surface area contributed by atoms with Crippen LogP contribution in [0.25, 0.3) is 0 Å². The van der Waals surface area contributed by atoms with Crippen LogP contribution in [0.4, 0.5) is 11.4 Å². The molecule has 0 aromatic heterocycles. The summed E-state index contributed by atoms with van der Waals surface area (Å²) in [5, 5.41) is 6.32. The van der Waals surface area contributed by atoms with E-state index in [9.17, 15) is 4.79 Å². The molecule has 0 aliphatic heterocycles. The van der Waals surface area contributed by atoms with Gasteiger partial charge in [-0.15, -0.1) is 0 Å². The van der Waals surface area contributed by atoms with Crippen LogP contribution < -0.4 is 20.1 Å². The number of hydrogen-bond donors (Lipinski definition) is 2. The van der Waals surface area contributed by atoms with Crippen molar-refractivity contribution in [1.82, 2.24) is 0 Å². The molecule has 32 heavy (non-hydrogen) atoms.